The molecule has 1 heterocycles. The van der Waals surface area contributed by atoms with E-state index in [4.69, 9.17) is 18.8 Å². The molecule has 138 valence electrons. The van der Waals surface area contributed by atoms with Crippen LogP contribution in [0.15, 0.2) is 23.9 Å². The molecule has 4 nitrogen and oxygen atoms in total. The van der Waals surface area contributed by atoms with Gasteiger partial charge in [0.2, 0.25) is 0 Å². The largest absolute Gasteiger partial charge is 0.525 e. The van der Waals surface area contributed by atoms with Crippen LogP contribution in [0.5, 0.6) is 11.5 Å². The average molecular weight is 368 g/mol. The maximum Gasteiger partial charge on any atom is 0.525 e. The quantitative estimate of drug-likeness (QED) is 0.697. The van der Waals surface area contributed by atoms with Gasteiger partial charge in [-0.25, -0.2) is 4.39 Å². The summed E-state index contributed by atoms with van der Waals surface area (Å²) in [5.41, 5.74) is -0.500. The molecule has 1 aromatic carbocycles. The molecular weight excluding hydrogens is 342 g/mol. The van der Waals surface area contributed by atoms with Crippen molar-refractivity contribution in [3.05, 3.63) is 29.5 Å². The Morgan fingerprint density at radius 3 is 2.20 bits per heavy atom. The third-order valence-corrected chi connectivity index (χ3v) is 5.34. The molecular formula is C18H26BFO4S. The molecule has 1 aliphatic heterocycles. The first-order valence-corrected chi connectivity index (χ1v) is 9.52. The Balaban J connectivity index is 2.53. The zero-order valence-electron chi connectivity index (χ0n) is 15.9. The molecule has 7 heteroatoms. The number of hydrogen-bond donors (Lipinski definition) is 0. The lowest BCUT2D eigenvalue weighted by Gasteiger charge is -2.32. The van der Waals surface area contributed by atoms with Gasteiger partial charge in [-0.2, -0.15) is 11.8 Å². The van der Waals surface area contributed by atoms with Crippen molar-refractivity contribution in [3.8, 4) is 11.5 Å². The van der Waals surface area contributed by atoms with E-state index < -0.39 is 24.0 Å². The van der Waals surface area contributed by atoms with Crippen LogP contribution in [-0.4, -0.2) is 44.5 Å². The summed E-state index contributed by atoms with van der Waals surface area (Å²) in [6.45, 7) is 7.61. The first-order valence-electron chi connectivity index (χ1n) is 8.13. The number of methoxy groups -OCH3 is 2. The second-order valence-electron chi connectivity index (χ2n) is 6.89. The summed E-state index contributed by atoms with van der Waals surface area (Å²) in [5.74, 6) is 1.51. The van der Waals surface area contributed by atoms with Gasteiger partial charge in [0.05, 0.1) is 25.4 Å². The second-order valence-corrected chi connectivity index (χ2v) is 7.75. The molecule has 0 saturated carbocycles. The van der Waals surface area contributed by atoms with Gasteiger partial charge < -0.3 is 18.8 Å². The molecule has 1 saturated heterocycles. The van der Waals surface area contributed by atoms with E-state index in [1.807, 2.05) is 46.1 Å². The minimum absolute atomic E-state index is 0.431. The Kier molecular flexibility index (Phi) is 6.12. The van der Waals surface area contributed by atoms with Crippen molar-refractivity contribution in [3.63, 3.8) is 0 Å². The maximum atomic E-state index is 15.4. The van der Waals surface area contributed by atoms with E-state index in [0.29, 0.717) is 28.4 Å². The maximum absolute atomic E-state index is 15.4. The zero-order valence-corrected chi connectivity index (χ0v) is 16.8. The van der Waals surface area contributed by atoms with Gasteiger partial charge in [-0.15, -0.1) is 0 Å². The van der Waals surface area contributed by atoms with E-state index >= 15 is 4.39 Å². The lowest BCUT2D eigenvalue weighted by molar-refractivity contribution is 0.00578. The third kappa shape index (κ3) is 3.83. The van der Waals surface area contributed by atoms with E-state index in [-0.39, 0.29) is 0 Å². The monoisotopic (exact) mass is 368 g/mol. The molecule has 0 bridgehead atoms. The van der Waals surface area contributed by atoms with Gasteiger partial charge >= 0.3 is 7.12 Å². The predicted molar refractivity (Wildman–Crippen MR) is 102 cm³/mol. The Morgan fingerprint density at radius 2 is 1.72 bits per heavy atom. The van der Waals surface area contributed by atoms with Gasteiger partial charge in [0.25, 0.3) is 0 Å². The molecule has 1 aliphatic rings. The first-order chi connectivity index (χ1) is 11.7. The van der Waals surface area contributed by atoms with Gasteiger partial charge in [-0.3, -0.25) is 0 Å². The molecule has 1 aromatic rings. The van der Waals surface area contributed by atoms with Crippen LogP contribution in [0.4, 0.5) is 4.39 Å². The number of halogens is 1. The van der Waals surface area contributed by atoms with Crippen molar-refractivity contribution in [2.24, 2.45) is 0 Å². The average Bonchev–Trinajstić information content (AvgIpc) is 2.79. The molecule has 0 unspecified atom stereocenters. The summed E-state index contributed by atoms with van der Waals surface area (Å²) < 4.78 is 38.0. The number of hydrogen-bond acceptors (Lipinski definition) is 5. The SMILES string of the molecule is COc1cccc(C(CSC)=C(F)B2OC(C)(C)C(C)(C)O2)c1OC. The van der Waals surface area contributed by atoms with Crippen LogP contribution in [0.25, 0.3) is 5.57 Å². The number of rotatable bonds is 6. The number of ether oxygens (including phenoxy) is 2. The van der Waals surface area contributed by atoms with Crippen LogP contribution in [0.2, 0.25) is 0 Å². The lowest BCUT2D eigenvalue weighted by Crippen LogP contribution is -2.41. The second kappa shape index (κ2) is 7.60. The van der Waals surface area contributed by atoms with E-state index in [1.54, 1.807) is 20.3 Å². The van der Waals surface area contributed by atoms with Gasteiger partial charge in [-0.05, 0) is 40.0 Å². The topological polar surface area (TPSA) is 36.9 Å². The minimum atomic E-state index is -1.04. The summed E-state index contributed by atoms with van der Waals surface area (Å²) in [7, 11) is 2.07. The van der Waals surface area contributed by atoms with Crippen molar-refractivity contribution < 1.29 is 23.2 Å². The Bertz CT molecular complexity index is 644. The highest BCUT2D eigenvalue weighted by molar-refractivity contribution is 7.99. The lowest BCUT2D eigenvalue weighted by atomic mass is 9.83. The van der Waals surface area contributed by atoms with Crippen LogP contribution in [0, 0.1) is 0 Å². The molecule has 0 spiro atoms. The van der Waals surface area contributed by atoms with E-state index in [9.17, 15) is 0 Å². The van der Waals surface area contributed by atoms with E-state index in [0.717, 1.165) is 0 Å². The van der Waals surface area contributed by atoms with Gasteiger partial charge in [-0.1, -0.05) is 12.1 Å². The van der Waals surface area contributed by atoms with Crippen molar-refractivity contribution >= 4 is 24.5 Å². The molecule has 0 aliphatic carbocycles. The zero-order chi connectivity index (χ0) is 18.8. The Labute approximate surface area is 154 Å². The summed E-state index contributed by atoms with van der Waals surface area (Å²) in [6, 6.07) is 5.41. The van der Waals surface area contributed by atoms with E-state index in [1.165, 1.54) is 11.8 Å². The normalized spacial score (nSPS) is 19.6. The molecule has 1 fully saturated rings. The molecule has 25 heavy (non-hydrogen) atoms. The van der Waals surface area contributed by atoms with Gasteiger partial charge in [0, 0.05) is 16.9 Å². The highest BCUT2D eigenvalue weighted by Gasteiger charge is 2.53. The third-order valence-electron chi connectivity index (χ3n) is 4.77. The van der Waals surface area contributed by atoms with Crippen LogP contribution < -0.4 is 9.47 Å². The summed E-state index contributed by atoms with van der Waals surface area (Å²) in [5, 5.41) is 0. The first kappa shape index (κ1) is 20.1. The number of benzene rings is 1. The van der Waals surface area contributed by atoms with Crippen LogP contribution in [-0.2, 0) is 9.31 Å². The summed E-state index contributed by atoms with van der Waals surface area (Å²) >= 11 is 1.52. The smallest absolute Gasteiger partial charge is 0.493 e. The fourth-order valence-electron chi connectivity index (χ4n) is 2.63. The van der Waals surface area contributed by atoms with Crippen molar-refractivity contribution in [1.29, 1.82) is 0 Å². The molecule has 0 amide bonds. The van der Waals surface area contributed by atoms with Crippen molar-refractivity contribution in [2.45, 2.75) is 38.9 Å². The minimum Gasteiger partial charge on any atom is -0.493 e. The fourth-order valence-corrected chi connectivity index (χ4v) is 3.22. The van der Waals surface area contributed by atoms with Gasteiger partial charge in [0.1, 0.15) is 5.73 Å². The fraction of sp³-hybridized carbons (Fsp3) is 0.556. The summed E-state index contributed by atoms with van der Waals surface area (Å²) in [4.78, 5) is 0. The predicted octanol–water partition coefficient (Wildman–Crippen LogP) is 4.38. The number of thioether (sulfide) groups is 1. The van der Waals surface area contributed by atoms with Crippen LogP contribution in [0.1, 0.15) is 33.3 Å². The van der Waals surface area contributed by atoms with Crippen molar-refractivity contribution in [2.75, 3.05) is 26.2 Å². The molecule has 0 N–H and O–H groups in total. The summed E-state index contributed by atoms with van der Waals surface area (Å²) in [6.07, 6.45) is 1.92. The molecule has 0 atom stereocenters. The Morgan fingerprint density at radius 1 is 1.12 bits per heavy atom. The van der Waals surface area contributed by atoms with E-state index in [2.05, 4.69) is 0 Å². The standard InChI is InChI=1S/C18H26BFO4S/c1-17(2)18(3,4)24-19(23-17)16(20)13(11-25-7)12-9-8-10-14(21-5)15(12)22-6/h8-10H,11H2,1-7H3. The van der Waals surface area contributed by atoms with Crippen LogP contribution >= 0.6 is 11.8 Å². The highest BCUT2D eigenvalue weighted by atomic mass is 32.2. The van der Waals surface area contributed by atoms with Crippen molar-refractivity contribution in [1.82, 2.24) is 0 Å². The molecule has 0 aromatic heterocycles. The van der Waals surface area contributed by atoms with Crippen LogP contribution in [0.3, 0.4) is 0 Å². The number of para-hydroxylation sites is 1. The molecule has 0 radical (unpaired) electrons. The highest BCUT2D eigenvalue weighted by Crippen LogP contribution is 2.43. The van der Waals surface area contributed by atoms with Gasteiger partial charge in [0.15, 0.2) is 11.5 Å². The Hall–Kier alpha value is -1.18. The molecule has 2 rings (SSSR count).